The molecule has 0 amide bonds. The number of ether oxygens (including phenoxy) is 1. The molecule has 1 saturated heterocycles. The molecule has 4 heteroatoms. The lowest BCUT2D eigenvalue weighted by Gasteiger charge is -2.16. The monoisotopic (exact) mass is 255 g/mol. The van der Waals surface area contributed by atoms with Gasteiger partial charge in [-0.15, -0.1) is 11.8 Å². The maximum absolute atomic E-state index is 13.9. The largest absolute Gasteiger partial charge is 0.377 e. The van der Waals surface area contributed by atoms with Crippen LogP contribution in [0.25, 0.3) is 0 Å². The van der Waals surface area contributed by atoms with Crippen LogP contribution in [0, 0.1) is 5.82 Å². The van der Waals surface area contributed by atoms with Gasteiger partial charge in [0.05, 0.1) is 6.10 Å². The molecule has 1 aliphatic rings. The van der Waals surface area contributed by atoms with Crippen LogP contribution in [-0.2, 0) is 11.3 Å². The average Bonchev–Trinajstić information content (AvgIpc) is 2.70. The predicted molar refractivity (Wildman–Crippen MR) is 68.8 cm³/mol. The second-order valence-corrected chi connectivity index (χ2v) is 5.53. The summed E-state index contributed by atoms with van der Waals surface area (Å²) < 4.78 is 19.4. The number of hydrogen-bond acceptors (Lipinski definition) is 3. The molecule has 0 aliphatic carbocycles. The lowest BCUT2D eigenvalue weighted by atomic mass is 10.2. The van der Waals surface area contributed by atoms with Crippen molar-refractivity contribution in [1.29, 1.82) is 0 Å². The van der Waals surface area contributed by atoms with Crippen LogP contribution in [0.3, 0.4) is 0 Å². The van der Waals surface area contributed by atoms with Crippen molar-refractivity contribution in [3.8, 4) is 0 Å². The second kappa shape index (κ2) is 5.85. The molecular weight excluding hydrogens is 237 g/mol. The minimum Gasteiger partial charge on any atom is -0.377 e. The normalized spacial score (nSPS) is 24.2. The molecule has 0 radical (unpaired) electrons. The van der Waals surface area contributed by atoms with E-state index in [1.54, 1.807) is 17.8 Å². The Morgan fingerprint density at radius 2 is 2.35 bits per heavy atom. The summed E-state index contributed by atoms with van der Waals surface area (Å²) in [4.78, 5) is 0.768. The van der Waals surface area contributed by atoms with E-state index < -0.39 is 0 Å². The first-order valence-electron chi connectivity index (χ1n) is 5.92. The average molecular weight is 255 g/mol. The van der Waals surface area contributed by atoms with Gasteiger partial charge >= 0.3 is 0 Å². The van der Waals surface area contributed by atoms with E-state index in [0.717, 1.165) is 23.5 Å². The van der Waals surface area contributed by atoms with Gasteiger partial charge in [-0.25, -0.2) is 4.39 Å². The molecular formula is C13H18FNOS. The van der Waals surface area contributed by atoms with Crippen LogP contribution in [0.4, 0.5) is 4.39 Å². The van der Waals surface area contributed by atoms with Crippen LogP contribution in [0.5, 0.6) is 0 Å². The van der Waals surface area contributed by atoms with E-state index in [0.29, 0.717) is 11.8 Å². The topological polar surface area (TPSA) is 21.3 Å². The van der Waals surface area contributed by atoms with E-state index in [-0.39, 0.29) is 11.9 Å². The van der Waals surface area contributed by atoms with Gasteiger partial charge in [-0.3, -0.25) is 0 Å². The van der Waals surface area contributed by atoms with E-state index in [1.807, 2.05) is 13.1 Å². The SMILES string of the molecule is CNCc1cccc(F)c1SC1CCOC1C. The zero-order valence-corrected chi connectivity index (χ0v) is 11.0. The molecule has 0 saturated carbocycles. The van der Waals surface area contributed by atoms with Crippen LogP contribution in [0.15, 0.2) is 23.1 Å². The van der Waals surface area contributed by atoms with Crippen LogP contribution < -0.4 is 5.32 Å². The molecule has 1 N–H and O–H groups in total. The van der Waals surface area contributed by atoms with Crippen LogP contribution in [-0.4, -0.2) is 25.0 Å². The summed E-state index contributed by atoms with van der Waals surface area (Å²) in [7, 11) is 1.88. The van der Waals surface area contributed by atoms with Gasteiger partial charge in [0, 0.05) is 23.3 Å². The van der Waals surface area contributed by atoms with Crippen molar-refractivity contribution >= 4 is 11.8 Å². The van der Waals surface area contributed by atoms with Crippen molar-refractivity contribution in [3.05, 3.63) is 29.6 Å². The number of hydrogen-bond donors (Lipinski definition) is 1. The van der Waals surface area contributed by atoms with Gasteiger partial charge in [-0.05, 0) is 32.0 Å². The van der Waals surface area contributed by atoms with E-state index in [2.05, 4.69) is 12.2 Å². The second-order valence-electron chi connectivity index (χ2n) is 4.28. The molecule has 17 heavy (non-hydrogen) atoms. The van der Waals surface area contributed by atoms with Gasteiger partial charge < -0.3 is 10.1 Å². The summed E-state index contributed by atoms with van der Waals surface area (Å²) in [6, 6.07) is 5.27. The third-order valence-electron chi connectivity index (χ3n) is 2.99. The minimum absolute atomic E-state index is 0.123. The van der Waals surface area contributed by atoms with E-state index in [9.17, 15) is 4.39 Å². The van der Waals surface area contributed by atoms with Gasteiger partial charge in [0.15, 0.2) is 0 Å². The summed E-state index contributed by atoms with van der Waals surface area (Å²) in [5.74, 6) is -0.123. The molecule has 1 aromatic rings. The highest BCUT2D eigenvalue weighted by atomic mass is 32.2. The van der Waals surface area contributed by atoms with Crippen molar-refractivity contribution < 1.29 is 9.13 Å². The first-order chi connectivity index (χ1) is 8.22. The van der Waals surface area contributed by atoms with Crippen molar-refractivity contribution in [3.63, 3.8) is 0 Å². The van der Waals surface area contributed by atoms with Crippen LogP contribution >= 0.6 is 11.8 Å². The Balaban J connectivity index is 2.18. The first-order valence-corrected chi connectivity index (χ1v) is 6.80. The summed E-state index contributed by atoms with van der Waals surface area (Å²) in [5.41, 5.74) is 1.02. The van der Waals surface area contributed by atoms with Crippen molar-refractivity contribution in [2.45, 2.75) is 36.1 Å². The fourth-order valence-electron chi connectivity index (χ4n) is 2.03. The molecule has 1 fully saturated rings. The fraction of sp³-hybridized carbons (Fsp3) is 0.538. The number of thioether (sulfide) groups is 1. The van der Waals surface area contributed by atoms with Crippen LogP contribution in [0.2, 0.25) is 0 Å². The first kappa shape index (κ1) is 12.9. The highest BCUT2D eigenvalue weighted by molar-refractivity contribution is 8.00. The van der Waals surface area contributed by atoms with Gasteiger partial charge in [-0.1, -0.05) is 12.1 Å². The Kier molecular flexibility index (Phi) is 4.42. The van der Waals surface area contributed by atoms with Crippen LogP contribution in [0.1, 0.15) is 18.9 Å². The molecule has 2 atom stereocenters. The number of rotatable bonds is 4. The third kappa shape index (κ3) is 3.00. The standard InChI is InChI=1S/C13H18FNOS/c1-9-12(6-7-16-9)17-13-10(8-15-2)4-3-5-11(13)14/h3-5,9,12,15H,6-8H2,1-2H3. The van der Waals surface area contributed by atoms with Gasteiger partial charge in [0.2, 0.25) is 0 Å². The summed E-state index contributed by atoms with van der Waals surface area (Å²) >= 11 is 1.61. The highest BCUT2D eigenvalue weighted by Crippen LogP contribution is 2.35. The predicted octanol–water partition coefficient (Wildman–Crippen LogP) is 2.81. The van der Waals surface area contributed by atoms with Crippen molar-refractivity contribution in [1.82, 2.24) is 5.32 Å². The van der Waals surface area contributed by atoms with Gasteiger partial charge in [-0.2, -0.15) is 0 Å². The summed E-state index contributed by atoms with van der Waals surface area (Å²) in [6.45, 7) is 3.54. The molecule has 0 spiro atoms. The Hall–Kier alpha value is -0.580. The third-order valence-corrected chi connectivity index (χ3v) is 4.61. The Labute approximate surface area is 106 Å². The van der Waals surface area contributed by atoms with Gasteiger partial charge in [0.1, 0.15) is 5.82 Å². The molecule has 1 aliphatic heterocycles. The molecule has 1 aromatic carbocycles. The molecule has 2 unspecified atom stereocenters. The van der Waals surface area contributed by atoms with E-state index in [1.165, 1.54) is 6.07 Å². The number of halogens is 1. The fourth-order valence-corrected chi connectivity index (χ4v) is 3.29. The lowest BCUT2D eigenvalue weighted by molar-refractivity contribution is 0.127. The molecule has 2 nitrogen and oxygen atoms in total. The maximum atomic E-state index is 13.9. The smallest absolute Gasteiger partial charge is 0.137 e. The molecule has 0 aromatic heterocycles. The Bertz CT molecular complexity index is 386. The Morgan fingerprint density at radius 1 is 1.53 bits per heavy atom. The lowest BCUT2D eigenvalue weighted by Crippen LogP contribution is -2.15. The Morgan fingerprint density at radius 3 is 3.00 bits per heavy atom. The van der Waals surface area contributed by atoms with Crippen molar-refractivity contribution in [2.24, 2.45) is 0 Å². The summed E-state index contributed by atoms with van der Waals surface area (Å²) in [6.07, 6.45) is 1.21. The number of nitrogens with one attached hydrogen (secondary N) is 1. The van der Waals surface area contributed by atoms with E-state index >= 15 is 0 Å². The maximum Gasteiger partial charge on any atom is 0.137 e. The van der Waals surface area contributed by atoms with Crippen molar-refractivity contribution in [2.75, 3.05) is 13.7 Å². The highest BCUT2D eigenvalue weighted by Gasteiger charge is 2.26. The number of benzene rings is 1. The molecule has 0 bridgehead atoms. The molecule has 94 valence electrons. The summed E-state index contributed by atoms with van der Waals surface area (Å²) in [5, 5.41) is 3.44. The molecule has 1 heterocycles. The van der Waals surface area contributed by atoms with E-state index in [4.69, 9.17) is 4.74 Å². The minimum atomic E-state index is -0.123. The zero-order chi connectivity index (χ0) is 12.3. The molecule has 2 rings (SSSR count). The van der Waals surface area contributed by atoms with Gasteiger partial charge in [0.25, 0.3) is 0 Å². The zero-order valence-electron chi connectivity index (χ0n) is 10.2. The quantitative estimate of drug-likeness (QED) is 0.894.